The van der Waals surface area contributed by atoms with Crippen LogP contribution in [-0.4, -0.2) is 10.1 Å². The first kappa shape index (κ1) is 12.4. The van der Waals surface area contributed by atoms with E-state index in [0.29, 0.717) is 22.9 Å². The van der Waals surface area contributed by atoms with Gasteiger partial charge in [0.1, 0.15) is 12.4 Å². The summed E-state index contributed by atoms with van der Waals surface area (Å²) in [6, 6.07) is 5.19. The lowest BCUT2D eigenvalue weighted by Crippen LogP contribution is -1.99. The first-order valence-electron chi connectivity index (χ1n) is 5.12. The number of aryl methyl sites for hydroxylation is 1. The number of rotatable bonds is 4. The fourth-order valence-corrected chi connectivity index (χ4v) is 2.23. The number of hydrogen-bond acceptors (Lipinski definition) is 4. The highest BCUT2D eigenvalue weighted by molar-refractivity contribution is 7.09. The van der Waals surface area contributed by atoms with Crippen LogP contribution >= 0.6 is 22.9 Å². The molecule has 0 bridgehead atoms. The molecule has 1 heterocycles. The van der Waals surface area contributed by atoms with Crippen molar-refractivity contribution in [3.8, 4) is 5.75 Å². The number of thiazole rings is 1. The summed E-state index contributed by atoms with van der Waals surface area (Å²) < 4.78 is 5.61. The van der Waals surface area contributed by atoms with Crippen LogP contribution < -0.4 is 4.74 Å². The Labute approximate surface area is 109 Å². The Morgan fingerprint density at radius 3 is 2.94 bits per heavy atom. The molecule has 90 valence electrons. The standard InChI is InChI=1S/C12H12ClNO2S/c1-8-14-11(7-17-8)6-16-12-3-2-10(13)4-9(12)5-15/h2-4,7,15H,5-6H2,1H3. The molecule has 0 amide bonds. The summed E-state index contributed by atoms with van der Waals surface area (Å²) in [6.45, 7) is 2.26. The number of aromatic nitrogens is 1. The van der Waals surface area contributed by atoms with E-state index in [2.05, 4.69) is 4.98 Å². The minimum Gasteiger partial charge on any atom is -0.487 e. The number of nitrogens with zero attached hydrogens (tertiary/aromatic N) is 1. The van der Waals surface area contributed by atoms with Crippen molar-refractivity contribution in [2.24, 2.45) is 0 Å². The molecule has 1 aromatic heterocycles. The van der Waals surface area contributed by atoms with Gasteiger partial charge in [-0.3, -0.25) is 0 Å². The van der Waals surface area contributed by atoms with Gasteiger partial charge >= 0.3 is 0 Å². The zero-order chi connectivity index (χ0) is 12.3. The largest absolute Gasteiger partial charge is 0.487 e. The molecular formula is C12H12ClNO2S. The molecule has 0 fully saturated rings. The first-order chi connectivity index (χ1) is 8.19. The molecule has 5 heteroatoms. The highest BCUT2D eigenvalue weighted by atomic mass is 35.5. The van der Waals surface area contributed by atoms with Gasteiger partial charge in [0.2, 0.25) is 0 Å². The van der Waals surface area contributed by atoms with Crippen molar-refractivity contribution in [3.63, 3.8) is 0 Å². The van der Waals surface area contributed by atoms with E-state index in [1.165, 1.54) is 0 Å². The Morgan fingerprint density at radius 1 is 1.47 bits per heavy atom. The molecule has 0 saturated carbocycles. The fourth-order valence-electron chi connectivity index (χ4n) is 1.44. The minimum atomic E-state index is -0.0913. The Kier molecular flexibility index (Phi) is 3.99. The molecule has 0 saturated heterocycles. The van der Waals surface area contributed by atoms with E-state index in [1.807, 2.05) is 12.3 Å². The molecule has 17 heavy (non-hydrogen) atoms. The maximum atomic E-state index is 9.19. The Morgan fingerprint density at radius 2 is 2.29 bits per heavy atom. The molecule has 2 aromatic rings. The van der Waals surface area contributed by atoms with Crippen LogP contribution in [0.25, 0.3) is 0 Å². The average Bonchev–Trinajstić information content (AvgIpc) is 2.73. The third kappa shape index (κ3) is 3.19. The molecule has 2 rings (SSSR count). The van der Waals surface area contributed by atoms with Gasteiger partial charge in [-0.1, -0.05) is 11.6 Å². The maximum Gasteiger partial charge on any atom is 0.131 e. The predicted molar refractivity (Wildman–Crippen MR) is 68.6 cm³/mol. The van der Waals surface area contributed by atoms with Crippen LogP contribution in [0.1, 0.15) is 16.3 Å². The van der Waals surface area contributed by atoms with Gasteiger partial charge in [0, 0.05) is 16.0 Å². The third-order valence-corrected chi connectivity index (χ3v) is 3.29. The molecule has 1 N–H and O–H groups in total. The first-order valence-corrected chi connectivity index (χ1v) is 6.38. The SMILES string of the molecule is Cc1nc(COc2ccc(Cl)cc2CO)cs1. The van der Waals surface area contributed by atoms with Gasteiger partial charge in [-0.25, -0.2) is 4.98 Å². The molecule has 0 atom stereocenters. The van der Waals surface area contributed by atoms with Crippen molar-refractivity contribution in [3.05, 3.63) is 44.9 Å². The van der Waals surface area contributed by atoms with Crippen molar-refractivity contribution < 1.29 is 9.84 Å². The van der Waals surface area contributed by atoms with Crippen molar-refractivity contribution in [1.82, 2.24) is 4.98 Å². The van der Waals surface area contributed by atoms with E-state index in [4.69, 9.17) is 16.3 Å². The minimum absolute atomic E-state index is 0.0913. The number of ether oxygens (including phenoxy) is 1. The molecular weight excluding hydrogens is 258 g/mol. The molecule has 0 radical (unpaired) electrons. The van der Waals surface area contributed by atoms with Crippen LogP contribution in [0.5, 0.6) is 5.75 Å². The average molecular weight is 270 g/mol. The summed E-state index contributed by atoms with van der Waals surface area (Å²) >= 11 is 7.43. The van der Waals surface area contributed by atoms with E-state index in [1.54, 1.807) is 29.5 Å². The molecule has 0 spiro atoms. The van der Waals surface area contributed by atoms with Crippen LogP contribution in [0.3, 0.4) is 0 Å². The third-order valence-electron chi connectivity index (χ3n) is 2.24. The van der Waals surface area contributed by atoms with Gasteiger partial charge in [-0.15, -0.1) is 11.3 Å². The normalized spacial score (nSPS) is 10.5. The van der Waals surface area contributed by atoms with Gasteiger partial charge < -0.3 is 9.84 Å². The van der Waals surface area contributed by atoms with Crippen molar-refractivity contribution in [2.75, 3.05) is 0 Å². The Hall–Kier alpha value is -1.10. The number of benzene rings is 1. The van der Waals surface area contributed by atoms with Gasteiger partial charge in [0.05, 0.1) is 17.3 Å². The fraction of sp³-hybridized carbons (Fsp3) is 0.250. The molecule has 1 aromatic carbocycles. The lowest BCUT2D eigenvalue weighted by Gasteiger charge is -2.09. The monoisotopic (exact) mass is 269 g/mol. The highest BCUT2D eigenvalue weighted by Crippen LogP contribution is 2.24. The van der Waals surface area contributed by atoms with Gasteiger partial charge in [-0.2, -0.15) is 0 Å². The van der Waals surface area contributed by atoms with Crippen LogP contribution in [0.15, 0.2) is 23.6 Å². The predicted octanol–water partition coefficient (Wildman–Crippen LogP) is 3.18. The summed E-state index contributed by atoms with van der Waals surface area (Å²) in [7, 11) is 0. The van der Waals surface area contributed by atoms with Crippen molar-refractivity contribution in [2.45, 2.75) is 20.1 Å². The van der Waals surface area contributed by atoms with Crippen LogP contribution in [-0.2, 0) is 13.2 Å². The smallest absolute Gasteiger partial charge is 0.131 e. The maximum absolute atomic E-state index is 9.19. The van der Waals surface area contributed by atoms with Crippen LogP contribution in [0.2, 0.25) is 5.02 Å². The highest BCUT2D eigenvalue weighted by Gasteiger charge is 2.05. The second-order valence-corrected chi connectivity index (χ2v) is 5.06. The molecule has 0 aliphatic rings. The van der Waals surface area contributed by atoms with Gasteiger partial charge in [0.15, 0.2) is 0 Å². The van der Waals surface area contributed by atoms with Gasteiger partial charge in [0.25, 0.3) is 0 Å². The molecule has 3 nitrogen and oxygen atoms in total. The number of aliphatic hydroxyl groups excluding tert-OH is 1. The van der Waals surface area contributed by atoms with Crippen molar-refractivity contribution >= 4 is 22.9 Å². The lowest BCUT2D eigenvalue weighted by molar-refractivity contribution is 0.257. The Balaban J connectivity index is 2.08. The van der Waals surface area contributed by atoms with E-state index in [-0.39, 0.29) is 6.61 Å². The zero-order valence-electron chi connectivity index (χ0n) is 9.31. The van der Waals surface area contributed by atoms with Crippen molar-refractivity contribution in [1.29, 1.82) is 0 Å². The second kappa shape index (κ2) is 5.49. The van der Waals surface area contributed by atoms with Crippen LogP contribution in [0, 0.1) is 6.92 Å². The zero-order valence-corrected chi connectivity index (χ0v) is 10.9. The number of halogens is 1. The summed E-state index contributed by atoms with van der Waals surface area (Å²) in [5.41, 5.74) is 1.58. The summed E-state index contributed by atoms with van der Waals surface area (Å²) in [6.07, 6.45) is 0. The summed E-state index contributed by atoms with van der Waals surface area (Å²) in [4.78, 5) is 4.30. The van der Waals surface area contributed by atoms with E-state index in [0.717, 1.165) is 10.7 Å². The van der Waals surface area contributed by atoms with E-state index in [9.17, 15) is 5.11 Å². The summed E-state index contributed by atoms with van der Waals surface area (Å²) in [5.74, 6) is 0.641. The lowest BCUT2D eigenvalue weighted by atomic mass is 10.2. The molecule has 0 aliphatic carbocycles. The molecule has 0 unspecified atom stereocenters. The topological polar surface area (TPSA) is 42.4 Å². The van der Waals surface area contributed by atoms with E-state index < -0.39 is 0 Å². The summed E-state index contributed by atoms with van der Waals surface area (Å²) in [5, 5.41) is 12.8. The second-order valence-electron chi connectivity index (χ2n) is 3.56. The Bertz CT molecular complexity index is 513. The molecule has 0 aliphatic heterocycles. The quantitative estimate of drug-likeness (QED) is 0.927. The number of aliphatic hydroxyl groups is 1. The van der Waals surface area contributed by atoms with Crippen LogP contribution in [0.4, 0.5) is 0 Å². The van der Waals surface area contributed by atoms with E-state index >= 15 is 0 Å². The number of hydrogen-bond donors (Lipinski definition) is 1. The van der Waals surface area contributed by atoms with Gasteiger partial charge in [-0.05, 0) is 25.1 Å².